The molecule has 0 spiro atoms. The first-order chi connectivity index (χ1) is 12.7. The van der Waals surface area contributed by atoms with E-state index in [0.29, 0.717) is 6.54 Å². The van der Waals surface area contributed by atoms with Gasteiger partial charge in [0.05, 0.1) is 6.54 Å². The number of aromatic nitrogens is 3. The Bertz CT molecular complexity index is 982. The molecule has 0 saturated heterocycles. The van der Waals surface area contributed by atoms with E-state index in [-0.39, 0.29) is 5.69 Å². The SMILES string of the molecule is Cc1ccccc1CSc1nc(=O)n(Cc2cccnc2)c2c1CCC2. The largest absolute Gasteiger partial charge is 0.349 e. The Kier molecular flexibility index (Phi) is 4.89. The average Bonchev–Trinajstić information content (AvgIpc) is 3.14. The number of aryl methyl sites for hydroxylation is 1. The Morgan fingerprint density at radius 2 is 2.04 bits per heavy atom. The van der Waals surface area contributed by atoms with Crippen molar-refractivity contribution in [2.75, 3.05) is 0 Å². The summed E-state index contributed by atoms with van der Waals surface area (Å²) < 4.78 is 1.83. The Balaban J connectivity index is 1.64. The number of pyridine rings is 1. The van der Waals surface area contributed by atoms with Crippen molar-refractivity contribution < 1.29 is 0 Å². The predicted octanol–water partition coefficient (Wildman–Crippen LogP) is 3.78. The number of rotatable bonds is 5. The number of hydrogen-bond acceptors (Lipinski definition) is 4. The van der Waals surface area contributed by atoms with Crippen molar-refractivity contribution >= 4 is 11.8 Å². The predicted molar refractivity (Wildman–Crippen MR) is 105 cm³/mol. The van der Waals surface area contributed by atoms with Crippen molar-refractivity contribution in [1.29, 1.82) is 0 Å². The fraction of sp³-hybridized carbons (Fsp3) is 0.286. The molecular weight excluding hydrogens is 342 g/mol. The molecule has 0 radical (unpaired) electrons. The summed E-state index contributed by atoms with van der Waals surface area (Å²) in [7, 11) is 0. The van der Waals surface area contributed by atoms with E-state index in [4.69, 9.17) is 0 Å². The molecule has 0 atom stereocenters. The highest BCUT2D eigenvalue weighted by atomic mass is 32.2. The fourth-order valence-corrected chi connectivity index (χ4v) is 4.61. The maximum absolute atomic E-state index is 12.7. The van der Waals surface area contributed by atoms with Crippen molar-refractivity contribution in [2.24, 2.45) is 0 Å². The third kappa shape index (κ3) is 3.44. The van der Waals surface area contributed by atoms with Crippen molar-refractivity contribution in [3.63, 3.8) is 0 Å². The number of nitrogens with zero attached hydrogens (tertiary/aromatic N) is 3. The second-order valence-corrected chi connectivity index (χ2v) is 7.60. The van der Waals surface area contributed by atoms with Crippen LogP contribution in [0.3, 0.4) is 0 Å². The zero-order chi connectivity index (χ0) is 17.9. The summed E-state index contributed by atoms with van der Waals surface area (Å²) in [6.07, 6.45) is 6.61. The monoisotopic (exact) mass is 363 g/mol. The molecule has 1 aliphatic carbocycles. The van der Waals surface area contributed by atoms with E-state index in [0.717, 1.165) is 41.3 Å². The van der Waals surface area contributed by atoms with E-state index < -0.39 is 0 Å². The molecule has 2 heterocycles. The summed E-state index contributed by atoms with van der Waals surface area (Å²) in [4.78, 5) is 21.3. The molecule has 4 rings (SSSR count). The van der Waals surface area contributed by atoms with Crippen molar-refractivity contribution in [2.45, 2.75) is 43.5 Å². The molecule has 1 aromatic carbocycles. The van der Waals surface area contributed by atoms with Gasteiger partial charge in [-0.1, -0.05) is 30.3 Å². The molecule has 4 nitrogen and oxygen atoms in total. The maximum Gasteiger partial charge on any atom is 0.349 e. The van der Waals surface area contributed by atoms with Gasteiger partial charge in [-0.15, -0.1) is 11.8 Å². The fourth-order valence-electron chi connectivity index (χ4n) is 3.46. The van der Waals surface area contributed by atoms with Crippen LogP contribution in [0.25, 0.3) is 0 Å². The molecule has 0 amide bonds. The van der Waals surface area contributed by atoms with Gasteiger partial charge in [0.1, 0.15) is 5.03 Å². The van der Waals surface area contributed by atoms with Crippen LogP contribution >= 0.6 is 11.8 Å². The van der Waals surface area contributed by atoms with Gasteiger partial charge in [-0.05, 0) is 48.9 Å². The summed E-state index contributed by atoms with van der Waals surface area (Å²) >= 11 is 1.69. The Morgan fingerprint density at radius 1 is 1.15 bits per heavy atom. The number of fused-ring (bicyclic) bond motifs is 1. The number of benzene rings is 1. The summed E-state index contributed by atoms with van der Waals surface area (Å²) in [5.74, 6) is 0.845. The van der Waals surface area contributed by atoms with Gasteiger partial charge in [-0.25, -0.2) is 4.79 Å². The minimum Gasteiger partial charge on any atom is -0.291 e. The van der Waals surface area contributed by atoms with E-state index >= 15 is 0 Å². The maximum atomic E-state index is 12.7. The number of thioether (sulfide) groups is 1. The lowest BCUT2D eigenvalue weighted by Gasteiger charge is -2.14. The lowest BCUT2D eigenvalue weighted by Crippen LogP contribution is -2.27. The Morgan fingerprint density at radius 3 is 2.85 bits per heavy atom. The van der Waals surface area contributed by atoms with Gasteiger partial charge in [0, 0.05) is 29.4 Å². The van der Waals surface area contributed by atoms with Crippen LogP contribution in [0.15, 0.2) is 58.6 Å². The van der Waals surface area contributed by atoms with Crippen LogP contribution in [0.2, 0.25) is 0 Å². The molecule has 1 aliphatic rings. The van der Waals surface area contributed by atoms with E-state index in [1.807, 2.05) is 22.9 Å². The van der Waals surface area contributed by atoms with Crippen LogP contribution in [0.4, 0.5) is 0 Å². The van der Waals surface area contributed by atoms with Crippen LogP contribution in [0.1, 0.15) is 34.4 Å². The summed E-state index contributed by atoms with van der Waals surface area (Å²) in [5.41, 5.74) is 5.87. The smallest absolute Gasteiger partial charge is 0.291 e. The van der Waals surface area contributed by atoms with Crippen LogP contribution in [0, 0.1) is 6.92 Å². The summed E-state index contributed by atoms with van der Waals surface area (Å²) in [6, 6.07) is 12.3. The van der Waals surface area contributed by atoms with Crippen LogP contribution in [-0.2, 0) is 25.1 Å². The molecule has 0 bridgehead atoms. The molecule has 3 aromatic rings. The van der Waals surface area contributed by atoms with E-state index in [1.165, 1.54) is 16.7 Å². The average molecular weight is 363 g/mol. The normalized spacial score (nSPS) is 13.0. The zero-order valence-corrected chi connectivity index (χ0v) is 15.6. The first-order valence-electron chi connectivity index (χ1n) is 8.91. The first-order valence-corrected chi connectivity index (χ1v) is 9.90. The van der Waals surface area contributed by atoms with Gasteiger partial charge in [0.15, 0.2) is 0 Å². The van der Waals surface area contributed by atoms with Crippen molar-refractivity contribution in [3.05, 3.63) is 87.2 Å². The molecule has 0 unspecified atom stereocenters. The van der Waals surface area contributed by atoms with Gasteiger partial charge >= 0.3 is 5.69 Å². The lowest BCUT2D eigenvalue weighted by molar-refractivity contribution is 0.665. The van der Waals surface area contributed by atoms with Gasteiger partial charge in [-0.3, -0.25) is 9.55 Å². The van der Waals surface area contributed by atoms with E-state index in [1.54, 1.807) is 18.0 Å². The minimum atomic E-state index is -0.151. The Hall–Kier alpha value is -2.40. The highest BCUT2D eigenvalue weighted by Crippen LogP contribution is 2.31. The van der Waals surface area contributed by atoms with Crippen LogP contribution in [-0.4, -0.2) is 14.5 Å². The van der Waals surface area contributed by atoms with Crippen LogP contribution < -0.4 is 5.69 Å². The van der Waals surface area contributed by atoms with Gasteiger partial charge in [-0.2, -0.15) is 4.98 Å². The van der Waals surface area contributed by atoms with Crippen LogP contribution in [0.5, 0.6) is 0 Å². The summed E-state index contributed by atoms with van der Waals surface area (Å²) in [5, 5.41) is 0.910. The molecule has 0 aliphatic heterocycles. The summed E-state index contributed by atoms with van der Waals surface area (Å²) in [6.45, 7) is 2.67. The molecule has 0 fully saturated rings. The van der Waals surface area contributed by atoms with Gasteiger partial charge in [0.2, 0.25) is 0 Å². The molecule has 2 aromatic heterocycles. The quantitative estimate of drug-likeness (QED) is 0.511. The topological polar surface area (TPSA) is 47.8 Å². The second-order valence-electron chi connectivity index (χ2n) is 6.64. The van der Waals surface area contributed by atoms with Crippen molar-refractivity contribution in [3.8, 4) is 0 Å². The minimum absolute atomic E-state index is 0.151. The molecule has 132 valence electrons. The second kappa shape index (κ2) is 7.46. The molecule has 0 N–H and O–H groups in total. The van der Waals surface area contributed by atoms with Gasteiger partial charge in [0.25, 0.3) is 0 Å². The van der Waals surface area contributed by atoms with E-state index in [9.17, 15) is 4.79 Å². The first kappa shape index (κ1) is 17.0. The number of hydrogen-bond donors (Lipinski definition) is 0. The Labute approximate surface area is 157 Å². The third-order valence-electron chi connectivity index (χ3n) is 4.89. The zero-order valence-electron chi connectivity index (χ0n) is 14.8. The highest BCUT2D eigenvalue weighted by molar-refractivity contribution is 7.98. The lowest BCUT2D eigenvalue weighted by atomic mass is 10.1. The van der Waals surface area contributed by atoms with Gasteiger partial charge < -0.3 is 0 Å². The molecule has 26 heavy (non-hydrogen) atoms. The van der Waals surface area contributed by atoms with E-state index in [2.05, 4.69) is 41.2 Å². The standard InChI is InChI=1S/C21H21N3OS/c1-15-6-2-3-8-17(15)14-26-20-18-9-4-10-19(18)24(21(25)23-20)13-16-7-5-11-22-12-16/h2-3,5-8,11-12H,4,9-10,13-14H2,1H3. The highest BCUT2D eigenvalue weighted by Gasteiger charge is 2.22. The van der Waals surface area contributed by atoms with Crippen molar-refractivity contribution in [1.82, 2.24) is 14.5 Å². The molecule has 0 saturated carbocycles. The third-order valence-corrected chi connectivity index (χ3v) is 5.96. The molecule has 5 heteroatoms. The molecular formula is C21H21N3OS.